The van der Waals surface area contributed by atoms with Gasteiger partial charge in [0.1, 0.15) is 0 Å². The van der Waals surface area contributed by atoms with Crippen LogP contribution >= 0.6 is 0 Å². The molecule has 12 heavy (non-hydrogen) atoms. The number of hydrogen-bond acceptors (Lipinski definition) is 2. The Balaban J connectivity index is 3.71. The minimum atomic E-state index is -0.188. The highest BCUT2D eigenvalue weighted by molar-refractivity contribution is 5.69. The van der Waals surface area contributed by atoms with Gasteiger partial charge in [-0.25, -0.2) is 0 Å². The summed E-state index contributed by atoms with van der Waals surface area (Å²) >= 11 is 0. The summed E-state index contributed by atoms with van der Waals surface area (Å²) in [4.78, 5) is 10.7. The zero-order valence-electron chi connectivity index (χ0n) is 7.80. The van der Waals surface area contributed by atoms with Crippen molar-refractivity contribution < 1.29 is 9.53 Å². The van der Waals surface area contributed by atoms with Crippen molar-refractivity contribution >= 4 is 5.97 Å². The molecule has 0 aromatic heterocycles. The quantitative estimate of drug-likeness (QED) is 0.465. The highest BCUT2D eigenvalue weighted by atomic mass is 16.5. The highest BCUT2D eigenvalue weighted by Crippen LogP contribution is 2.14. The number of methoxy groups -OCH3 is 1. The number of allylic oxidation sites excluding steroid dienone is 2. The lowest BCUT2D eigenvalue weighted by molar-refractivity contribution is -0.140. The molecule has 0 aliphatic carbocycles. The van der Waals surface area contributed by atoms with E-state index in [1.807, 2.05) is 13.0 Å². The zero-order chi connectivity index (χ0) is 9.56. The smallest absolute Gasteiger partial charge is 0.305 e. The van der Waals surface area contributed by atoms with Crippen LogP contribution in [0, 0.1) is 5.92 Å². The van der Waals surface area contributed by atoms with Crippen molar-refractivity contribution in [1.82, 2.24) is 0 Å². The third-order valence-electron chi connectivity index (χ3n) is 1.88. The summed E-state index contributed by atoms with van der Waals surface area (Å²) in [6.45, 7) is 9.51. The summed E-state index contributed by atoms with van der Waals surface area (Å²) in [7, 11) is 1.39. The molecule has 0 aromatic carbocycles. The minimum absolute atomic E-state index is 0.188. The number of hydrogen-bond donors (Lipinski definition) is 0. The predicted molar refractivity (Wildman–Crippen MR) is 49.8 cm³/mol. The van der Waals surface area contributed by atoms with E-state index >= 15 is 0 Å². The molecule has 2 heteroatoms. The Bertz CT molecular complexity index is 182. The molecule has 68 valence electrons. The summed E-state index contributed by atoms with van der Waals surface area (Å²) < 4.78 is 4.51. The molecule has 0 heterocycles. The first kappa shape index (κ1) is 11.0. The van der Waals surface area contributed by atoms with Crippen LogP contribution in [0.3, 0.4) is 0 Å². The molecule has 0 saturated heterocycles. The van der Waals surface area contributed by atoms with Crippen LogP contribution in [0.2, 0.25) is 0 Å². The lowest BCUT2D eigenvalue weighted by Gasteiger charge is -2.08. The van der Waals surface area contributed by atoms with Crippen LogP contribution < -0.4 is 0 Å². The Kier molecular flexibility index (Phi) is 5.09. The Morgan fingerprint density at radius 1 is 1.58 bits per heavy atom. The first-order valence-corrected chi connectivity index (χ1v) is 3.98. The van der Waals surface area contributed by atoms with Gasteiger partial charge < -0.3 is 4.74 Å². The number of carbonyl (C=O) groups is 1. The Morgan fingerprint density at radius 3 is 2.58 bits per heavy atom. The second kappa shape index (κ2) is 5.58. The molecular weight excluding hydrogens is 152 g/mol. The van der Waals surface area contributed by atoms with E-state index in [-0.39, 0.29) is 11.9 Å². The van der Waals surface area contributed by atoms with E-state index in [2.05, 4.69) is 17.9 Å². The van der Waals surface area contributed by atoms with Crippen molar-refractivity contribution in [1.29, 1.82) is 0 Å². The molecule has 0 rings (SSSR count). The molecule has 0 spiro atoms. The average molecular weight is 168 g/mol. The third-order valence-corrected chi connectivity index (χ3v) is 1.88. The van der Waals surface area contributed by atoms with E-state index in [1.165, 1.54) is 7.11 Å². The monoisotopic (exact) mass is 168 g/mol. The Morgan fingerprint density at radius 2 is 2.17 bits per heavy atom. The highest BCUT2D eigenvalue weighted by Gasteiger charge is 2.05. The molecule has 0 amide bonds. The first-order valence-electron chi connectivity index (χ1n) is 3.98. The maximum atomic E-state index is 10.7. The second-order valence-corrected chi connectivity index (χ2v) is 2.76. The van der Waals surface area contributed by atoms with E-state index in [1.54, 1.807) is 0 Å². The van der Waals surface area contributed by atoms with Crippen molar-refractivity contribution in [3.8, 4) is 0 Å². The largest absolute Gasteiger partial charge is 0.469 e. The molecule has 0 N–H and O–H groups in total. The van der Waals surface area contributed by atoms with Crippen molar-refractivity contribution in [3.63, 3.8) is 0 Å². The summed E-state index contributed by atoms with van der Waals surface area (Å²) in [5.74, 6) is 0.0852. The van der Waals surface area contributed by atoms with Crippen molar-refractivity contribution in [2.45, 2.75) is 19.8 Å². The minimum Gasteiger partial charge on any atom is -0.469 e. The van der Waals surface area contributed by atoms with Crippen LogP contribution in [0.5, 0.6) is 0 Å². The van der Waals surface area contributed by atoms with Gasteiger partial charge >= 0.3 is 5.97 Å². The summed E-state index contributed by atoms with van der Waals surface area (Å²) in [6.07, 6.45) is 2.91. The number of ether oxygens (including phenoxy) is 1. The van der Waals surface area contributed by atoms with Crippen molar-refractivity contribution in [2.75, 3.05) is 7.11 Å². The van der Waals surface area contributed by atoms with Crippen LogP contribution in [0.1, 0.15) is 19.8 Å². The van der Waals surface area contributed by atoms with Crippen LogP contribution in [0.15, 0.2) is 24.8 Å². The molecule has 0 radical (unpaired) electrons. The summed E-state index contributed by atoms with van der Waals surface area (Å²) in [5.41, 5.74) is 1.02. The standard InChI is InChI=1S/C10H16O2/c1-5-8(2)9(3)6-7-10(11)12-4/h5,8H,1,3,6-7H2,2,4H3. The maximum Gasteiger partial charge on any atom is 0.305 e. The van der Waals surface area contributed by atoms with E-state index in [9.17, 15) is 4.79 Å². The van der Waals surface area contributed by atoms with Crippen LogP contribution in [-0.2, 0) is 9.53 Å². The molecular formula is C10H16O2. The van der Waals surface area contributed by atoms with E-state index in [0.29, 0.717) is 12.8 Å². The summed E-state index contributed by atoms with van der Waals surface area (Å²) in [5, 5.41) is 0. The van der Waals surface area contributed by atoms with Gasteiger partial charge in [0.05, 0.1) is 7.11 Å². The van der Waals surface area contributed by atoms with Gasteiger partial charge in [-0.1, -0.05) is 25.2 Å². The lowest BCUT2D eigenvalue weighted by atomic mass is 9.99. The lowest BCUT2D eigenvalue weighted by Crippen LogP contribution is -2.02. The molecule has 0 aromatic rings. The average Bonchev–Trinajstić information content (AvgIpc) is 2.11. The predicted octanol–water partition coefficient (Wildman–Crippen LogP) is 2.32. The van der Waals surface area contributed by atoms with Gasteiger partial charge in [0, 0.05) is 6.42 Å². The fraction of sp³-hybridized carbons (Fsp3) is 0.500. The molecule has 2 nitrogen and oxygen atoms in total. The van der Waals surface area contributed by atoms with Crippen LogP contribution in [0.25, 0.3) is 0 Å². The summed E-state index contributed by atoms with van der Waals surface area (Å²) in [6, 6.07) is 0. The van der Waals surface area contributed by atoms with Gasteiger partial charge in [-0.3, -0.25) is 4.79 Å². The van der Waals surface area contributed by atoms with Gasteiger partial charge in [-0.15, -0.1) is 6.58 Å². The number of rotatable bonds is 5. The number of carbonyl (C=O) groups excluding carboxylic acids is 1. The van der Waals surface area contributed by atoms with Crippen molar-refractivity contribution in [2.24, 2.45) is 5.92 Å². The van der Waals surface area contributed by atoms with Gasteiger partial charge in [-0.2, -0.15) is 0 Å². The fourth-order valence-electron chi connectivity index (χ4n) is 0.759. The molecule has 0 bridgehead atoms. The molecule has 0 aliphatic rings. The van der Waals surface area contributed by atoms with E-state index < -0.39 is 0 Å². The molecule has 0 aliphatic heterocycles. The van der Waals surface area contributed by atoms with Gasteiger partial charge in [0.2, 0.25) is 0 Å². The third kappa shape index (κ3) is 3.96. The van der Waals surface area contributed by atoms with E-state index in [0.717, 1.165) is 5.57 Å². The molecule has 0 fully saturated rings. The van der Waals surface area contributed by atoms with Gasteiger partial charge in [0.25, 0.3) is 0 Å². The SMILES string of the molecule is C=CC(C)C(=C)CCC(=O)OC. The van der Waals surface area contributed by atoms with Crippen LogP contribution in [0.4, 0.5) is 0 Å². The fourth-order valence-corrected chi connectivity index (χ4v) is 0.759. The second-order valence-electron chi connectivity index (χ2n) is 2.76. The molecule has 0 saturated carbocycles. The normalized spacial score (nSPS) is 11.8. The number of esters is 1. The molecule has 1 unspecified atom stereocenters. The maximum absolute atomic E-state index is 10.7. The van der Waals surface area contributed by atoms with Crippen LogP contribution in [-0.4, -0.2) is 13.1 Å². The Labute approximate surface area is 73.9 Å². The molecule has 1 atom stereocenters. The van der Waals surface area contributed by atoms with Crippen molar-refractivity contribution in [3.05, 3.63) is 24.8 Å². The zero-order valence-corrected chi connectivity index (χ0v) is 7.80. The van der Waals surface area contributed by atoms with E-state index in [4.69, 9.17) is 0 Å². The topological polar surface area (TPSA) is 26.3 Å². The first-order chi connectivity index (χ1) is 5.61. The Hall–Kier alpha value is -1.05. The van der Waals surface area contributed by atoms with Gasteiger partial charge in [-0.05, 0) is 12.3 Å². The van der Waals surface area contributed by atoms with Gasteiger partial charge in [0.15, 0.2) is 0 Å².